The van der Waals surface area contributed by atoms with Crippen LogP contribution in [0.25, 0.3) is 5.52 Å². The second kappa shape index (κ2) is 6.94. The van der Waals surface area contributed by atoms with Gasteiger partial charge < -0.3 is 19.6 Å². The number of aromatic nitrogens is 2. The van der Waals surface area contributed by atoms with E-state index in [1.807, 2.05) is 62.2 Å². The zero-order chi connectivity index (χ0) is 21.1. The van der Waals surface area contributed by atoms with Crippen molar-refractivity contribution in [3.05, 3.63) is 35.4 Å². The molecule has 8 heteroatoms. The lowest BCUT2D eigenvalue weighted by Gasteiger charge is -2.31. The molecule has 0 spiro atoms. The molecule has 0 aromatic carbocycles. The molecule has 158 valence electrons. The molecule has 1 unspecified atom stereocenters. The fourth-order valence-corrected chi connectivity index (χ4v) is 4.63. The predicted octanol–water partition coefficient (Wildman–Crippen LogP) is 2.61. The number of likely N-dealkylation sites (tertiary alicyclic amines) is 1. The van der Waals surface area contributed by atoms with Crippen LogP contribution in [0.5, 0.6) is 0 Å². The largest absolute Gasteiger partial charge is 0.356 e. The van der Waals surface area contributed by atoms with Gasteiger partial charge in [0.15, 0.2) is 0 Å². The number of amides is 1. The highest BCUT2D eigenvalue weighted by Gasteiger charge is 2.60. The Morgan fingerprint density at radius 1 is 1.31 bits per heavy atom. The van der Waals surface area contributed by atoms with Crippen LogP contribution in [0.2, 0.25) is 5.02 Å². The van der Waals surface area contributed by atoms with Crippen LogP contribution >= 0.6 is 11.6 Å². The molecule has 2 N–H and O–H groups in total. The van der Waals surface area contributed by atoms with Crippen LogP contribution in [-0.4, -0.2) is 50.4 Å². The van der Waals surface area contributed by atoms with E-state index in [9.17, 15) is 9.90 Å². The third-order valence-electron chi connectivity index (χ3n) is 5.81. The molecule has 29 heavy (non-hydrogen) atoms. The molecule has 3 heterocycles. The van der Waals surface area contributed by atoms with E-state index in [0.29, 0.717) is 18.1 Å². The van der Waals surface area contributed by atoms with Crippen LogP contribution < -0.4 is 5.32 Å². The Hall–Kier alpha value is -1.67. The monoisotopic (exact) mass is 420 g/mol. The van der Waals surface area contributed by atoms with Gasteiger partial charge in [-0.3, -0.25) is 9.69 Å². The van der Waals surface area contributed by atoms with Crippen molar-refractivity contribution < 1.29 is 14.6 Å². The van der Waals surface area contributed by atoms with Gasteiger partial charge in [-0.25, -0.2) is 4.98 Å². The molecule has 0 bridgehead atoms. The summed E-state index contributed by atoms with van der Waals surface area (Å²) in [4.78, 5) is 19.4. The Kier molecular flexibility index (Phi) is 4.93. The summed E-state index contributed by atoms with van der Waals surface area (Å²) in [5.74, 6) is 1.27. The highest BCUT2D eigenvalue weighted by Crippen LogP contribution is 2.52. The number of aliphatic hydroxyl groups is 1. The van der Waals surface area contributed by atoms with Crippen molar-refractivity contribution in [2.45, 2.75) is 52.2 Å². The van der Waals surface area contributed by atoms with Gasteiger partial charge in [-0.1, -0.05) is 11.6 Å². The van der Waals surface area contributed by atoms with E-state index >= 15 is 0 Å². The molecular weight excluding hydrogens is 392 g/mol. The smallest absolute Gasteiger partial charge is 0.224 e. The maximum atomic E-state index is 13.0. The third kappa shape index (κ3) is 3.89. The number of ether oxygens (including phenoxy) is 1. The molecule has 2 aromatic heterocycles. The number of hydrogen-bond acceptors (Lipinski definition) is 5. The fourth-order valence-electron chi connectivity index (χ4n) is 4.42. The normalized spacial score (nSPS) is 25.8. The quantitative estimate of drug-likeness (QED) is 0.727. The molecule has 4 atom stereocenters. The van der Waals surface area contributed by atoms with E-state index in [1.165, 1.54) is 0 Å². The summed E-state index contributed by atoms with van der Waals surface area (Å²) in [6.45, 7) is 11.0. The number of piperidine rings is 1. The topological polar surface area (TPSA) is 79.1 Å². The number of carbonyl (C=O) groups is 1. The molecule has 0 radical (unpaired) electrons. The highest BCUT2D eigenvalue weighted by atomic mass is 35.5. The van der Waals surface area contributed by atoms with Crippen LogP contribution in [0.4, 0.5) is 0 Å². The van der Waals surface area contributed by atoms with Gasteiger partial charge in [-0.2, -0.15) is 0 Å². The molecule has 1 amide bonds. The van der Waals surface area contributed by atoms with Crippen LogP contribution in [0.15, 0.2) is 24.5 Å². The summed E-state index contributed by atoms with van der Waals surface area (Å²) in [6, 6.07) is 3.69. The Balaban J connectivity index is 1.39. The van der Waals surface area contributed by atoms with Crippen LogP contribution in [-0.2, 0) is 15.1 Å². The summed E-state index contributed by atoms with van der Waals surface area (Å²) in [5.41, 5.74) is -0.235. The van der Waals surface area contributed by atoms with Gasteiger partial charge in [-0.05, 0) is 58.6 Å². The van der Waals surface area contributed by atoms with E-state index in [1.54, 1.807) is 6.20 Å². The van der Waals surface area contributed by atoms with Gasteiger partial charge in [0.25, 0.3) is 0 Å². The van der Waals surface area contributed by atoms with Gasteiger partial charge >= 0.3 is 0 Å². The van der Waals surface area contributed by atoms with Crippen molar-refractivity contribution >= 4 is 23.0 Å². The first-order valence-corrected chi connectivity index (χ1v) is 10.4. The summed E-state index contributed by atoms with van der Waals surface area (Å²) in [5, 5.41) is 14.1. The predicted molar refractivity (Wildman–Crippen MR) is 110 cm³/mol. The van der Waals surface area contributed by atoms with E-state index < -0.39 is 17.6 Å². The van der Waals surface area contributed by atoms with Crippen LogP contribution in [0, 0.1) is 17.8 Å². The first kappa shape index (κ1) is 20.6. The van der Waals surface area contributed by atoms with Gasteiger partial charge in [0.2, 0.25) is 12.3 Å². The lowest BCUT2D eigenvalue weighted by Crippen LogP contribution is -2.46. The van der Waals surface area contributed by atoms with Gasteiger partial charge in [0.1, 0.15) is 5.82 Å². The number of aliphatic hydroxyl groups excluding tert-OH is 1. The zero-order valence-corrected chi connectivity index (χ0v) is 18.3. The second-order valence-corrected chi connectivity index (χ2v) is 10.1. The van der Waals surface area contributed by atoms with Gasteiger partial charge in [0, 0.05) is 25.2 Å². The minimum atomic E-state index is -0.927. The molecule has 4 rings (SSSR count). The Morgan fingerprint density at radius 2 is 1.97 bits per heavy atom. The summed E-state index contributed by atoms with van der Waals surface area (Å²) in [6.07, 6.45) is 2.70. The number of imidazole rings is 1. The van der Waals surface area contributed by atoms with Crippen molar-refractivity contribution in [3.8, 4) is 0 Å². The number of carbonyl (C=O) groups excluding carboxylic acids is 1. The van der Waals surface area contributed by atoms with Gasteiger partial charge in [0.05, 0.1) is 27.9 Å². The van der Waals surface area contributed by atoms with Gasteiger partial charge in [-0.15, -0.1) is 0 Å². The lowest BCUT2D eigenvalue weighted by molar-refractivity contribution is -0.236. The second-order valence-electron chi connectivity index (χ2n) is 9.67. The van der Waals surface area contributed by atoms with Crippen molar-refractivity contribution in [2.24, 2.45) is 17.8 Å². The summed E-state index contributed by atoms with van der Waals surface area (Å²) in [7, 11) is 0. The average Bonchev–Trinajstić information content (AvgIpc) is 2.96. The molecule has 2 aromatic rings. The fraction of sp³-hybridized carbons (Fsp3) is 0.619. The molecule has 1 saturated carbocycles. The number of rotatable bonds is 5. The minimum Gasteiger partial charge on any atom is -0.356 e. The van der Waals surface area contributed by atoms with Crippen molar-refractivity contribution in [3.63, 3.8) is 0 Å². The van der Waals surface area contributed by atoms with Crippen LogP contribution in [0.3, 0.4) is 0 Å². The molecule has 1 saturated heterocycles. The number of fused-ring (bicyclic) bond motifs is 2. The van der Waals surface area contributed by atoms with E-state index in [-0.39, 0.29) is 23.7 Å². The molecule has 2 aliphatic rings. The number of nitrogens with one attached hydrogen (secondary N) is 1. The van der Waals surface area contributed by atoms with Crippen LogP contribution in [0.1, 0.15) is 40.4 Å². The highest BCUT2D eigenvalue weighted by molar-refractivity contribution is 6.33. The molecule has 7 nitrogen and oxygen atoms in total. The standard InChI is InChI=1S/C21H29ClN4O3/c1-20(2,3)29-19(28)25-10-12-13(11-25)16(12)17(27)24-21(4,5)18-23-9-15-14(22)7-6-8-26(15)18/h6-9,12-13,16,19,28H,10-11H2,1-5H3,(H,24,27)/t12-,13+,16+,19?. The first-order valence-electron chi connectivity index (χ1n) is 10.0. The molecule has 2 fully saturated rings. The third-order valence-corrected chi connectivity index (χ3v) is 6.13. The number of halogens is 1. The number of pyridine rings is 1. The zero-order valence-electron chi connectivity index (χ0n) is 17.5. The Morgan fingerprint density at radius 3 is 2.59 bits per heavy atom. The lowest BCUT2D eigenvalue weighted by atomic mass is 10.0. The number of hydrogen-bond donors (Lipinski definition) is 2. The number of nitrogens with zero attached hydrogens (tertiary/aromatic N) is 3. The maximum Gasteiger partial charge on any atom is 0.224 e. The summed E-state index contributed by atoms with van der Waals surface area (Å²) >= 11 is 6.25. The molecule has 1 aliphatic heterocycles. The van der Waals surface area contributed by atoms with E-state index in [2.05, 4.69) is 10.3 Å². The maximum absolute atomic E-state index is 13.0. The van der Waals surface area contributed by atoms with Crippen molar-refractivity contribution in [1.29, 1.82) is 0 Å². The minimum absolute atomic E-state index is 0.0258. The Labute approximate surface area is 176 Å². The Bertz CT molecular complexity index is 924. The van der Waals surface area contributed by atoms with E-state index in [4.69, 9.17) is 16.3 Å². The van der Waals surface area contributed by atoms with Crippen molar-refractivity contribution in [2.75, 3.05) is 13.1 Å². The van der Waals surface area contributed by atoms with E-state index in [0.717, 1.165) is 11.3 Å². The average molecular weight is 421 g/mol. The summed E-state index contributed by atoms with van der Waals surface area (Å²) < 4.78 is 7.54. The SMILES string of the molecule is CC(C)(C)OC(O)N1C[C@@H]2[C@H](C1)[C@H]2C(=O)NC(C)(C)c1ncc2c(Cl)cccn12. The first-order chi connectivity index (χ1) is 13.5. The molecule has 1 aliphatic carbocycles. The molecular formula is C21H29ClN4O3. The van der Waals surface area contributed by atoms with Crippen molar-refractivity contribution in [1.82, 2.24) is 19.6 Å².